The van der Waals surface area contributed by atoms with Gasteiger partial charge in [0.2, 0.25) is 0 Å². The summed E-state index contributed by atoms with van der Waals surface area (Å²) in [6.07, 6.45) is 7.34. The number of pyridine rings is 1. The molecule has 0 radical (unpaired) electrons. The molecule has 1 N–H and O–H groups in total. The van der Waals surface area contributed by atoms with Crippen LogP contribution in [0.4, 0.5) is 0 Å². The van der Waals surface area contributed by atoms with Crippen molar-refractivity contribution >= 4 is 15.9 Å². The van der Waals surface area contributed by atoms with Crippen LogP contribution in [0.2, 0.25) is 0 Å². The van der Waals surface area contributed by atoms with Gasteiger partial charge in [-0.2, -0.15) is 0 Å². The van der Waals surface area contributed by atoms with Crippen LogP contribution >= 0.6 is 15.9 Å². The number of hydrogen-bond donors (Lipinski definition) is 1. The van der Waals surface area contributed by atoms with E-state index in [-0.39, 0.29) is 0 Å². The fourth-order valence-corrected chi connectivity index (χ4v) is 2.48. The Hall–Kier alpha value is -0.410. The Bertz CT molecular complexity index is 315. The second-order valence-corrected chi connectivity index (χ2v) is 5.29. The van der Waals surface area contributed by atoms with Gasteiger partial charge >= 0.3 is 0 Å². The molecule has 0 spiro atoms. The molecule has 0 saturated carbocycles. The van der Waals surface area contributed by atoms with Crippen molar-refractivity contribution in [3.05, 3.63) is 28.5 Å². The van der Waals surface area contributed by atoms with Crippen LogP contribution in [0.25, 0.3) is 0 Å². The van der Waals surface area contributed by atoms with E-state index < -0.39 is 0 Å². The molecule has 1 heterocycles. The number of nitrogens with one attached hydrogen (secondary N) is 1. The van der Waals surface area contributed by atoms with Gasteiger partial charge in [0.05, 0.1) is 0 Å². The first-order chi connectivity index (χ1) is 7.67. The highest BCUT2D eigenvalue weighted by atomic mass is 79.9. The van der Waals surface area contributed by atoms with Crippen LogP contribution in [0.5, 0.6) is 0 Å². The molecule has 0 aliphatic heterocycles. The molecule has 1 aromatic heterocycles. The lowest BCUT2D eigenvalue weighted by molar-refractivity contribution is 0.371. The highest BCUT2D eigenvalue weighted by molar-refractivity contribution is 9.10. The summed E-state index contributed by atoms with van der Waals surface area (Å²) < 4.78 is 1.06. The van der Waals surface area contributed by atoms with E-state index in [1.54, 1.807) is 0 Å². The minimum atomic E-state index is 0.538. The van der Waals surface area contributed by atoms with Gasteiger partial charge < -0.3 is 5.32 Å². The van der Waals surface area contributed by atoms with Crippen molar-refractivity contribution in [3.63, 3.8) is 0 Å². The molecular weight excluding hydrogens is 264 g/mol. The van der Waals surface area contributed by atoms with Crippen molar-refractivity contribution in [1.29, 1.82) is 0 Å². The van der Waals surface area contributed by atoms with Crippen molar-refractivity contribution in [2.75, 3.05) is 7.05 Å². The molecule has 2 nitrogen and oxygen atoms in total. The first-order valence-electron chi connectivity index (χ1n) is 5.94. The average Bonchev–Trinajstić information content (AvgIpc) is 2.26. The van der Waals surface area contributed by atoms with Gasteiger partial charge in [-0.25, -0.2) is 0 Å². The molecule has 2 atom stereocenters. The van der Waals surface area contributed by atoms with Gasteiger partial charge in [0, 0.05) is 22.9 Å². The molecule has 2 unspecified atom stereocenters. The lowest BCUT2D eigenvalue weighted by atomic mass is 9.92. The summed E-state index contributed by atoms with van der Waals surface area (Å²) in [5, 5.41) is 3.41. The van der Waals surface area contributed by atoms with Gasteiger partial charge in [0.25, 0.3) is 0 Å². The first-order valence-corrected chi connectivity index (χ1v) is 6.73. The van der Waals surface area contributed by atoms with Crippen LogP contribution in [0.3, 0.4) is 0 Å². The number of hydrogen-bond acceptors (Lipinski definition) is 2. The minimum absolute atomic E-state index is 0.538. The van der Waals surface area contributed by atoms with E-state index in [1.807, 2.05) is 19.4 Å². The number of likely N-dealkylation sites (N-methyl/N-ethyl adjacent to an activating group) is 1. The second-order valence-electron chi connectivity index (χ2n) is 4.38. The van der Waals surface area contributed by atoms with Crippen LogP contribution in [0.15, 0.2) is 22.9 Å². The smallest absolute Gasteiger partial charge is 0.0410 e. The van der Waals surface area contributed by atoms with Gasteiger partial charge in [0.15, 0.2) is 0 Å². The second kappa shape index (κ2) is 7.02. The number of aromatic nitrogens is 1. The lowest BCUT2D eigenvalue weighted by Crippen LogP contribution is -2.34. The van der Waals surface area contributed by atoms with E-state index in [1.165, 1.54) is 18.4 Å². The maximum absolute atomic E-state index is 4.20. The average molecular weight is 285 g/mol. The van der Waals surface area contributed by atoms with Gasteiger partial charge in [-0.3, -0.25) is 4.98 Å². The maximum Gasteiger partial charge on any atom is 0.0410 e. The molecule has 0 bridgehead atoms. The van der Waals surface area contributed by atoms with Crippen molar-refractivity contribution in [2.45, 2.75) is 39.2 Å². The van der Waals surface area contributed by atoms with E-state index in [4.69, 9.17) is 0 Å². The Balaban J connectivity index is 2.62. The monoisotopic (exact) mass is 284 g/mol. The van der Waals surface area contributed by atoms with E-state index in [2.05, 4.69) is 46.1 Å². The summed E-state index contributed by atoms with van der Waals surface area (Å²) in [6, 6.07) is 2.69. The third-order valence-corrected chi connectivity index (χ3v) is 3.45. The van der Waals surface area contributed by atoms with Crippen molar-refractivity contribution in [3.8, 4) is 0 Å². The Labute approximate surface area is 107 Å². The maximum atomic E-state index is 4.20. The molecular formula is C13H21BrN2. The third kappa shape index (κ3) is 4.22. The van der Waals surface area contributed by atoms with Crippen molar-refractivity contribution in [1.82, 2.24) is 10.3 Å². The molecule has 0 saturated heterocycles. The summed E-state index contributed by atoms with van der Waals surface area (Å²) in [7, 11) is 2.04. The van der Waals surface area contributed by atoms with Gasteiger partial charge in [-0.15, -0.1) is 0 Å². The molecule has 0 aliphatic rings. The Morgan fingerprint density at radius 1 is 1.44 bits per heavy atom. The first kappa shape index (κ1) is 13.7. The third-order valence-electron chi connectivity index (χ3n) is 3.02. The van der Waals surface area contributed by atoms with Crippen LogP contribution < -0.4 is 5.32 Å². The summed E-state index contributed by atoms with van der Waals surface area (Å²) in [5.74, 6) is 0.703. The van der Waals surface area contributed by atoms with E-state index in [0.717, 1.165) is 10.9 Å². The van der Waals surface area contributed by atoms with E-state index in [9.17, 15) is 0 Å². The SMILES string of the molecule is CCCC(C)C(Cc1cncc(Br)c1)NC. The zero-order valence-electron chi connectivity index (χ0n) is 10.3. The summed E-state index contributed by atoms with van der Waals surface area (Å²) in [6.45, 7) is 4.56. The van der Waals surface area contributed by atoms with Crippen LogP contribution in [0.1, 0.15) is 32.3 Å². The van der Waals surface area contributed by atoms with Crippen LogP contribution in [-0.2, 0) is 6.42 Å². The van der Waals surface area contributed by atoms with Crippen molar-refractivity contribution < 1.29 is 0 Å². The van der Waals surface area contributed by atoms with Gasteiger partial charge in [-0.1, -0.05) is 20.3 Å². The molecule has 1 rings (SSSR count). The number of nitrogens with zero attached hydrogens (tertiary/aromatic N) is 1. The fourth-order valence-electron chi connectivity index (χ4n) is 2.07. The van der Waals surface area contributed by atoms with E-state index >= 15 is 0 Å². The zero-order valence-corrected chi connectivity index (χ0v) is 11.9. The quantitative estimate of drug-likeness (QED) is 0.866. The zero-order chi connectivity index (χ0) is 12.0. The summed E-state index contributed by atoms with van der Waals surface area (Å²) in [5.41, 5.74) is 1.29. The number of rotatable bonds is 6. The molecule has 0 aliphatic carbocycles. The predicted octanol–water partition coefficient (Wildman–Crippen LogP) is 3.41. The number of halogens is 1. The molecule has 0 amide bonds. The highest BCUT2D eigenvalue weighted by Gasteiger charge is 2.15. The summed E-state index contributed by atoms with van der Waals surface area (Å²) in [4.78, 5) is 4.20. The van der Waals surface area contributed by atoms with Crippen LogP contribution in [0, 0.1) is 5.92 Å². The predicted molar refractivity (Wildman–Crippen MR) is 72.6 cm³/mol. The highest BCUT2D eigenvalue weighted by Crippen LogP contribution is 2.17. The van der Waals surface area contributed by atoms with Gasteiger partial charge in [0.1, 0.15) is 0 Å². The van der Waals surface area contributed by atoms with Crippen molar-refractivity contribution in [2.24, 2.45) is 5.92 Å². The Morgan fingerprint density at radius 3 is 2.75 bits per heavy atom. The fraction of sp³-hybridized carbons (Fsp3) is 0.615. The summed E-state index contributed by atoms with van der Waals surface area (Å²) >= 11 is 3.46. The Morgan fingerprint density at radius 2 is 2.19 bits per heavy atom. The normalized spacial score (nSPS) is 14.8. The lowest BCUT2D eigenvalue weighted by Gasteiger charge is -2.23. The van der Waals surface area contributed by atoms with Gasteiger partial charge in [-0.05, 0) is 53.4 Å². The Kier molecular flexibility index (Phi) is 5.99. The molecule has 16 heavy (non-hydrogen) atoms. The molecule has 3 heteroatoms. The minimum Gasteiger partial charge on any atom is -0.316 e. The molecule has 0 aromatic carbocycles. The molecule has 90 valence electrons. The van der Waals surface area contributed by atoms with E-state index in [0.29, 0.717) is 12.0 Å². The van der Waals surface area contributed by atoms with Crippen LogP contribution in [-0.4, -0.2) is 18.1 Å². The molecule has 1 aromatic rings. The molecule has 0 fully saturated rings. The topological polar surface area (TPSA) is 24.9 Å². The standard InChI is InChI=1S/C13H21BrN2/c1-4-5-10(2)13(15-3)7-11-6-12(14)9-16-8-11/h6,8-10,13,15H,4-5,7H2,1-3H3. The largest absolute Gasteiger partial charge is 0.316 e.